The van der Waals surface area contributed by atoms with Gasteiger partial charge in [0.1, 0.15) is 10.6 Å². The van der Waals surface area contributed by atoms with Crippen LogP contribution in [0.3, 0.4) is 0 Å². The molecule has 0 aliphatic rings. The van der Waals surface area contributed by atoms with E-state index in [1.807, 2.05) is 54.1 Å². The van der Waals surface area contributed by atoms with Crippen LogP contribution in [0.1, 0.15) is 20.8 Å². The summed E-state index contributed by atoms with van der Waals surface area (Å²) in [5, 5.41) is 7.07. The van der Waals surface area contributed by atoms with E-state index >= 15 is 0 Å². The minimum absolute atomic E-state index is 0.291. The highest BCUT2D eigenvalue weighted by atomic mass is 32.1. The number of carbonyl (C=O) groups is 2. The molecule has 0 saturated heterocycles. The lowest BCUT2D eigenvalue weighted by Crippen LogP contribution is -2.11. The Morgan fingerprint density at radius 2 is 1.88 bits per heavy atom. The highest BCUT2D eigenvalue weighted by Crippen LogP contribution is 2.36. The molecule has 0 bridgehead atoms. The van der Waals surface area contributed by atoms with Crippen molar-refractivity contribution in [1.29, 1.82) is 0 Å². The topological polar surface area (TPSA) is 55.4 Å². The lowest BCUT2D eigenvalue weighted by Gasteiger charge is -2.07. The van der Waals surface area contributed by atoms with Crippen molar-refractivity contribution < 1.29 is 14.3 Å². The van der Waals surface area contributed by atoms with E-state index in [1.54, 1.807) is 17.4 Å². The van der Waals surface area contributed by atoms with Crippen LogP contribution >= 0.6 is 22.7 Å². The monoisotopic (exact) mass is 383 g/mol. The van der Waals surface area contributed by atoms with Crippen molar-refractivity contribution in [3.05, 3.63) is 69.2 Å². The van der Waals surface area contributed by atoms with Crippen molar-refractivity contribution in [3.8, 4) is 11.1 Å². The van der Waals surface area contributed by atoms with Gasteiger partial charge in [0.05, 0.1) is 7.11 Å². The molecule has 2 heterocycles. The molecule has 3 rings (SSSR count). The maximum Gasteiger partial charge on any atom is 0.341 e. The first-order chi connectivity index (χ1) is 12.6. The van der Waals surface area contributed by atoms with Gasteiger partial charge >= 0.3 is 5.97 Å². The van der Waals surface area contributed by atoms with Crippen LogP contribution in [0, 0.1) is 6.92 Å². The molecule has 3 aromatic rings. The van der Waals surface area contributed by atoms with Crippen molar-refractivity contribution in [1.82, 2.24) is 0 Å². The average molecular weight is 383 g/mol. The van der Waals surface area contributed by atoms with Gasteiger partial charge < -0.3 is 10.1 Å². The standard InChI is InChI=1S/C20H17NO3S2/c1-13-5-7-14(8-6-13)16-12-26-19(18(16)20(23)24-2)21-17(22)10-9-15-4-3-11-25-15/h3-12H,1-2H3,(H,21,22)/b10-9-. The third-order valence-electron chi connectivity index (χ3n) is 3.72. The molecule has 1 N–H and O–H groups in total. The predicted molar refractivity (Wildman–Crippen MR) is 108 cm³/mol. The summed E-state index contributed by atoms with van der Waals surface area (Å²) < 4.78 is 4.92. The Bertz CT molecular complexity index is 938. The first-order valence-corrected chi connectivity index (χ1v) is 9.64. The van der Waals surface area contributed by atoms with Crippen LogP contribution in [0.5, 0.6) is 0 Å². The van der Waals surface area contributed by atoms with Gasteiger partial charge in [-0.05, 0) is 30.0 Å². The molecule has 132 valence electrons. The van der Waals surface area contributed by atoms with E-state index in [-0.39, 0.29) is 5.91 Å². The van der Waals surface area contributed by atoms with Gasteiger partial charge in [-0.25, -0.2) is 4.79 Å². The summed E-state index contributed by atoms with van der Waals surface area (Å²) in [6.45, 7) is 2.00. The maximum absolute atomic E-state index is 12.3. The normalized spacial score (nSPS) is 10.8. The Morgan fingerprint density at radius 3 is 2.54 bits per heavy atom. The Labute approximate surface area is 159 Å². The molecule has 0 atom stereocenters. The number of amides is 1. The summed E-state index contributed by atoms with van der Waals surface area (Å²) in [7, 11) is 1.33. The number of thiophene rings is 2. The second-order valence-electron chi connectivity index (χ2n) is 5.55. The van der Waals surface area contributed by atoms with Crippen LogP contribution in [0.25, 0.3) is 17.2 Å². The predicted octanol–water partition coefficient (Wildman–Crippen LogP) is 5.22. The third-order valence-corrected chi connectivity index (χ3v) is 5.45. The van der Waals surface area contributed by atoms with E-state index in [9.17, 15) is 9.59 Å². The SMILES string of the molecule is COC(=O)c1c(-c2ccc(C)cc2)csc1NC(=O)/C=C\c1cccs1. The zero-order valence-corrected chi connectivity index (χ0v) is 15.9. The number of carbonyl (C=O) groups excluding carboxylic acids is 2. The summed E-state index contributed by atoms with van der Waals surface area (Å²) in [5.74, 6) is -0.764. The van der Waals surface area contributed by atoms with E-state index in [4.69, 9.17) is 4.74 Å². The molecule has 0 aliphatic heterocycles. The van der Waals surface area contributed by atoms with E-state index in [2.05, 4.69) is 5.32 Å². The lowest BCUT2D eigenvalue weighted by molar-refractivity contribution is -0.111. The van der Waals surface area contributed by atoms with Crippen molar-refractivity contribution >= 4 is 45.6 Å². The highest BCUT2D eigenvalue weighted by molar-refractivity contribution is 7.15. The molecular formula is C20H17NO3S2. The summed E-state index contributed by atoms with van der Waals surface area (Å²) in [5.41, 5.74) is 3.16. The Morgan fingerprint density at radius 1 is 1.12 bits per heavy atom. The zero-order valence-electron chi connectivity index (χ0n) is 14.3. The fourth-order valence-corrected chi connectivity index (χ4v) is 3.98. The fourth-order valence-electron chi connectivity index (χ4n) is 2.40. The van der Waals surface area contributed by atoms with Gasteiger partial charge in [-0.3, -0.25) is 4.79 Å². The van der Waals surface area contributed by atoms with Crippen molar-refractivity contribution in [2.75, 3.05) is 12.4 Å². The van der Waals surface area contributed by atoms with Crippen LogP contribution in [0.15, 0.2) is 53.2 Å². The molecule has 4 nitrogen and oxygen atoms in total. The van der Waals surface area contributed by atoms with Crippen LogP contribution < -0.4 is 5.32 Å². The minimum atomic E-state index is -0.473. The maximum atomic E-state index is 12.3. The van der Waals surface area contributed by atoms with Gasteiger partial charge in [-0.2, -0.15) is 0 Å². The second kappa shape index (κ2) is 8.12. The summed E-state index contributed by atoms with van der Waals surface area (Å²) in [6.07, 6.45) is 3.20. The molecule has 1 aromatic carbocycles. The third kappa shape index (κ3) is 4.09. The zero-order chi connectivity index (χ0) is 18.5. The van der Waals surface area contributed by atoms with E-state index in [0.717, 1.165) is 21.6 Å². The molecule has 0 spiro atoms. The smallest absolute Gasteiger partial charge is 0.341 e. The largest absolute Gasteiger partial charge is 0.465 e. The fraction of sp³-hybridized carbons (Fsp3) is 0.100. The van der Waals surface area contributed by atoms with E-state index in [0.29, 0.717) is 10.6 Å². The lowest BCUT2D eigenvalue weighted by atomic mass is 10.0. The molecule has 0 unspecified atom stereocenters. The van der Waals surface area contributed by atoms with Gasteiger partial charge in [0.2, 0.25) is 5.91 Å². The van der Waals surface area contributed by atoms with E-state index in [1.165, 1.54) is 24.5 Å². The minimum Gasteiger partial charge on any atom is -0.465 e. The van der Waals surface area contributed by atoms with Crippen LogP contribution in [-0.4, -0.2) is 19.0 Å². The number of esters is 1. The van der Waals surface area contributed by atoms with Crippen molar-refractivity contribution in [2.45, 2.75) is 6.92 Å². The molecule has 1 amide bonds. The Hall–Kier alpha value is -2.70. The number of ether oxygens (including phenoxy) is 1. The number of nitrogens with one attached hydrogen (secondary N) is 1. The first kappa shape index (κ1) is 18.1. The Kier molecular flexibility index (Phi) is 5.65. The second-order valence-corrected chi connectivity index (χ2v) is 7.41. The number of hydrogen-bond donors (Lipinski definition) is 1. The molecule has 0 radical (unpaired) electrons. The van der Waals surface area contributed by atoms with Gasteiger partial charge in [0.15, 0.2) is 0 Å². The van der Waals surface area contributed by atoms with Crippen molar-refractivity contribution in [2.24, 2.45) is 0 Å². The molecule has 0 aliphatic carbocycles. The Balaban J connectivity index is 1.88. The van der Waals surface area contributed by atoms with Gasteiger partial charge in [-0.1, -0.05) is 35.9 Å². The molecule has 6 heteroatoms. The quantitative estimate of drug-likeness (QED) is 0.485. The molecule has 0 fully saturated rings. The molecule has 2 aromatic heterocycles. The molecular weight excluding hydrogens is 366 g/mol. The summed E-state index contributed by atoms with van der Waals surface area (Å²) in [6, 6.07) is 11.7. The summed E-state index contributed by atoms with van der Waals surface area (Å²) in [4.78, 5) is 25.5. The van der Waals surface area contributed by atoms with E-state index < -0.39 is 5.97 Å². The van der Waals surface area contributed by atoms with Gasteiger partial charge in [0.25, 0.3) is 0 Å². The summed E-state index contributed by atoms with van der Waals surface area (Å²) >= 11 is 2.85. The highest BCUT2D eigenvalue weighted by Gasteiger charge is 2.21. The molecule has 0 saturated carbocycles. The number of hydrogen-bond acceptors (Lipinski definition) is 5. The number of anilines is 1. The first-order valence-electron chi connectivity index (χ1n) is 7.88. The number of benzene rings is 1. The van der Waals surface area contributed by atoms with Crippen LogP contribution in [-0.2, 0) is 9.53 Å². The average Bonchev–Trinajstić information content (AvgIpc) is 3.30. The number of rotatable bonds is 5. The van der Waals surface area contributed by atoms with Gasteiger partial charge in [0, 0.05) is 21.9 Å². The van der Waals surface area contributed by atoms with Crippen LogP contribution in [0.4, 0.5) is 5.00 Å². The molecule has 26 heavy (non-hydrogen) atoms. The van der Waals surface area contributed by atoms with Crippen molar-refractivity contribution in [3.63, 3.8) is 0 Å². The van der Waals surface area contributed by atoms with Gasteiger partial charge in [-0.15, -0.1) is 22.7 Å². The number of methoxy groups -OCH3 is 1. The van der Waals surface area contributed by atoms with Crippen LogP contribution in [0.2, 0.25) is 0 Å². The number of aryl methyl sites for hydroxylation is 1.